The highest BCUT2D eigenvalue weighted by molar-refractivity contribution is 6.28. The Kier molecular flexibility index (Phi) is 4.46. The summed E-state index contributed by atoms with van der Waals surface area (Å²) in [7, 11) is 1.61. The maximum Gasteiger partial charge on any atom is 0.416 e. The van der Waals surface area contributed by atoms with Gasteiger partial charge in [0.2, 0.25) is 17.2 Å². The molecule has 21 heavy (non-hydrogen) atoms. The minimum Gasteiger partial charge on any atom is -0.357 e. The number of anilines is 2. The average molecular weight is 318 g/mol. The van der Waals surface area contributed by atoms with E-state index in [0.29, 0.717) is 5.56 Å². The molecule has 0 unspecified atom stereocenters. The number of alkyl halides is 3. The van der Waals surface area contributed by atoms with E-state index in [2.05, 4.69) is 25.6 Å². The first kappa shape index (κ1) is 15.3. The van der Waals surface area contributed by atoms with Crippen LogP contribution in [0, 0.1) is 0 Å². The van der Waals surface area contributed by atoms with Crippen LogP contribution in [0.3, 0.4) is 0 Å². The van der Waals surface area contributed by atoms with Gasteiger partial charge in [-0.1, -0.05) is 12.1 Å². The van der Waals surface area contributed by atoms with Crippen LogP contribution in [0.1, 0.15) is 11.1 Å². The Morgan fingerprint density at radius 3 is 2.52 bits per heavy atom. The van der Waals surface area contributed by atoms with Crippen LogP contribution < -0.4 is 10.6 Å². The van der Waals surface area contributed by atoms with Crippen LogP contribution in [-0.4, -0.2) is 22.0 Å². The summed E-state index contributed by atoms with van der Waals surface area (Å²) in [5.74, 6) is 0.443. The summed E-state index contributed by atoms with van der Waals surface area (Å²) in [6, 6.07) is 5.00. The van der Waals surface area contributed by atoms with Crippen molar-refractivity contribution < 1.29 is 13.2 Å². The third-order valence-corrected chi connectivity index (χ3v) is 2.71. The smallest absolute Gasteiger partial charge is 0.357 e. The molecular formula is C12H11ClF3N5. The molecule has 0 aliphatic heterocycles. The van der Waals surface area contributed by atoms with Gasteiger partial charge in [-0.2, -0.15) is 28.1 Å². The number of benzene rings is 1. The van der Waals surface area contributed by atoms with E-state index in [1.165, 1.54) is 6.07 Å². The second-order valence-corrected chi connectivity index (χ2v) is 4.39. The summed E-state index contributed by atoms with van der Waals surface area (Å²) in [5.41, 5.74) is -0.251. The Hall–Kier alpha value is -2.09. The second kappa shape index (κ2) is 6.13. The minimum absolute atomic E-state index is 0.0131. The largest absolute Gasteiger partial charge is 0.416 e. The van der Waals surface area contributed by atoms with Crippen LogP contribution in [0.2, 0.25) is 5.28 Å². The summed E-state index contributed by atoms with van der Waals surface area (Å²) in [6.45, 7) is 0.132. The fourth-order valence-corrected chi connectivity index (χ4v) is 1.74. The number of nitrogens with one attached hydrogen (secondary N) is 2. The molecule has 5 nitrogen and oxygen atoms in total. The molecule has 0 aliphatic rings. The molecule has 2 N–H and O–H groups in total. The number of halogens is 4. The van der Waals surface area contributed by atoms with Crippen molar-refractivity contribution in [1.29, 1.82) is 0 Å². The molecule has 0 saturated carbocycles. The predicted octanol–water partition coefficient (Wildman–Crippen LogP) is 3.20. The number of rotatable bonds is 4. The lowest BCUT2D eigenvalue weighted by Gasteiger charge is -2.10. The van der Waals surface area contributed by atoms with E-state index in [1.54, 1.807) is 13.1 Å². The second-order valence-electron chi connectivity index (χ2n) is 4.05. The fraction of sp³-hybridized carbons (Fsp3) is 0.250. The summed E-state index contributed by atoms with van der Waals surface area (Å²) in [6.07, 6.45) is -4.37. The lowest BCUT2D eigenvalue weighted by Crippen LogP contribution is -2.09. The molecular weight excluding hydrogens is 307 g/mol. The van der Waals surface area contributed by atoms with E-state index in [4.69, 9.17) is 11.6 Å². The van der Waals surface area contributed by atoms with Gasteiger partial charge in [-0.15, -0.1) is 0 Å². The monoisotopic (exact) mass is 317 g/mol. The Morgan fingerprint density at radius 2 is 1.86 bits per heavy atom. The maximum atomic E-state index is 12.6. The zero-order chi connectivity index (χ0) is 15.5. The first-order valence-electron chi connectivity index (χ1n) is 5.88. The Bertz CT molecular complexity index is 633. The first-order chi connectivity index (χ1) is 9.88. The normalized spacial score (nSPS) is 11.3. The standard InChI is InChI=1S/C12H11ClF3N5/c1-17-10-19-9(13)20-11(21-10)18-6-7-3-2-4-8(5-7)12(14,15)16/h2-5H,6H2,1H3,(H2,17,18,19,20,21). The first-order valence-corrected chi connectivity index (χ1v) is 6.25. The molecule has 0 aliphatic carbocycles. The van der Waals surface area contributed by atoms with E-state index in [1.807, 2.05) is 0 Å². The van der Waals surface area contributed by atoms with Crippen molar-refractivity contribution in [3.8, 4) is 0 Å². The molecule has 0 atom stereocenters. The molecule has 0 saturated heterocycles. The molecule has 1 aromatic heterocycles. The SMILES string of the molecule is CNc1nc(Cl)nc(NCc2cccc(C(F)(F)F)c2)n1. The predicted molar refractivity (Wildman–Crippen MR) is 73.2 cm³/mol. The molecule has 0 spiro atoms. The van der Waals surface area contributed by atoms with E-state index in [0.717, 1.165) is 12.1 Å². The van der Waals surface area contributed by atoms with E-state index >= 15 is 0 Å². The molecule has 0 radical (unpaired) electrons. The summed E-state index contributed by atoms with van der Waals surface area (Å²) >= 11 is 5.70. The molecule has 0 fully saturated rings. The average Bonchev–Trinajstić information content (AvgIpc) is 2.44. The summed E-state index contributed by atoms with van der Waals surface area (Å²) < 4.78 is 37.8. The van der Waals surface area contributed by atoms with Crippen LogP contribution >= 0.6 is 11.6 Å². The van der Waals surface area contributed by atoms with E-state index < -0.39 is 11.7 Å². The van der Waals surface area contributed by atoms with E-state index in [-0.39, 0.29) is 23.7 Å². The van der Waals surface area contributed by atoms with Gasteiger partial charge in [-0.05, 0) is 29.3 Å². The van der Waals surface area contributed by atoms with Crippen LogP contribution in [-0.2, 0) is 12.7 Å². The number of nitrogens with zero attached hydrogens (tertiary/aromatic N) is 3. The third-order valence-electron chi connectivity index (χ3n) is 2.54. The highest BCUT2D eigenvalue weighted by Crippen LogP contribution is 2.29. The zero-order valence-corrected chi connectivity index (χ0v) is 11.6. The van der Waals surface area contributed by atoms with Crippen molar-refractivity contribution in [2.24, 2.45) is 0 Å². The molecule has 0 amide bonds. The minimum atomic E-state index is -4.37. The highest BCUT2D eigenvalue weighted by Gasteiger charge is 2.30. The molecule has 1 heterocycles. The maximum absolute atomic E-state index is 12.6. The number of aromatic nitrogens is 3. The fourth-order valence-electron chi connectivity index (χ4n) is 1.58. The van der Waals surface area contributed by atoms with Gasteiger partial charge in [-0.3, -0.25) is 0 Å². The van der Waals surface area contributed by atoms with Gasteiger partial charge in [-0.25, -0.2) is 0 Å². The quantitative estimate of drug-likeness (QED) is 0.906. The van der Waals surface area contributed by atoms with Gasteiger partial charge >= 0.3 is 6.18 Å². The van der Waals surface area contributed by atoms with Crippen molar-refractivity contribution in [2.45, 2.75) is 12.7 Å². The Balaban J connectivity index is 2.11. The third kappa shape index (κ3) is 4.19. The Morgan fingerprint density at radius 1 is 1.14 bits per heavy atom. The van der Waals surface area contributed by atoms with Crippen LogP contribution in [0.4, 0.5) is 25.1 Å². The van der Waals surface area contributed by atoms with Gasteiger partial charge in [0.05, 0.1) is 5.56 Å². The van der Waals surface area contributed by atoms with Crippen molar-refractivity contribution >= 4 is 23.5 Å². The van der Waals surface area contributed by atoms with E-state index in [9.17, 15) is 13.2 Å². The van der Waals surface area contributed by atoms with Crippen LogP contribution in [0.25, 0.3) is 0 Å². The Labute approximate surface area is 123 Å². The van der Waals surface area contributed by atoms with Gasteiger partial charge < -0.3 is 10.6 Å². The lowest BCUT2D eigenvalue weighted by atomic mass is 10.1. The highest BCUT2D eigenvalue weighted by atomic mass is 35.5. The van der Waals surface area contributed by atoms with Gasteiger partial charge in [0, 0.05) is 13.6 Å². The van der Waals surface area contributed by atoms with Crippen molar-refractivity contribution in [3.63, 3.8) is 0 Å². The summed E-state index contributed by atoms with van der Waals surface area (Å²) in [4.78, 5) is 11.6. The molecule has 0 bridgehead atoms. The molecule has 112 valence electrons. The molecule has 2 rings (SSSR count). The van der Waals surface area contributed by atoms with Crippen LogP contribution in [0.5, 0.6) is 0 Å². The number of hydrogen-bond donors (Lipinski definition) is 2. The molecule has 9 heteroatoms. The zero-order valence-electron chi connectivity index (χ0n) is 10.9. The number of hydrogen-bond acceptors (Lipinski definition) is 5. The van der Waals surface area contributed by atoms with Gasteiger partial charge in [0.25, 0.3) is 0 Å². The topological polar surface area (TPSA) is 62.7 Å². The van der Waals surface area contributed by atoms with Crippen molar-refractivity contribution in [3.05, 3.63) is 40.7 Å². The van der Waals surface area contributed by atoms with Gasteiger partial charge in [0.15, 0.2) is 0 Å². The van der Waals surface area contributed by atoms with Crippen molar-refractivity contribution in [2.75, 3.05) is 17.7 Å². The molecule has 2 aromatic rings. The van der Waals surface area contributed by atoms with Crippen molar-refractivity contribution in [1.82, 2.24) is 15.0 Å². The van der Waals surface area contributed by atoms with Crippen LogP contribution in [0.15, 0.2) is 24.3 Å². The summed E-state index contributed by atoms with van der Waals surface area (Å²) in [5, 5.41) is 5.49. The van der Waals surface area contributed by atoms with Gasteiger partial charge in [0.1, 0.15) is 0 Å². The lowest BCUT2D eigenvalue weighted by molar-refractivity contribution is -0.137. The molecule has 1 aromatic carbocycles.